The zero-order valence-corrected chi connectivity index (χ0v) is 21.6. The SMILES string of the molecule is COC(=O)OC1(CCCCN2CCN(C(=O)Cc3ccccc3)CC2=O)c2ccccc2-c2ccccc21. The Morgan fingerprint density at radius 1 is 0.842 bits per heavy atom. The van der Waals surface area contributed by atoms with E-state index in [2.05, 4.69) is 0 Å². The van der Waals surface area contributed by atoms with Gasteiger partial charge in [-0.1, -0.05) is 78.9 Å². The normalized spacial score (nSPS) is 15.6. The third-order valence-electron chi connectivity index (χ3n) is 7.52. The molecular formula is C31H32N2O5. The quantitative estimate of drug-likeness (QED) is 0.321. The van der Waals surface area contributed by atoms with Gasteiger partial charge in [-0.05, 0) is 36.0 Å². The van der Waals surface area contributed by atoms with Crippen molar-refractivity contribution in [2.75, 3.05) is 33.3 Å². The minimum absolute atomic E-state index is 0.0235. The van der Waals surface area contributed by atoms with Gasteiger partial charge < -0.3 is 19.3 Å². The monoisotopic (exact) mass is 512 g/mol. The zero-order chi connectivity index (χ0) is 26.5. The molecule has 7 heteroatoms. The number of benzene rings is 3. The fourth-order valence-corrected chi connectivity index (χ4v) is 5.62. The van der Waals surface area contributed by atoms with Crippen LogP contribution in [0.25, 0.3) is 11.1 Å². The molecule has 38 heavy (non-hydrogen) atoms. The summed E-state index contributed by atoms with van der Waals surface area (Å²) in [5.41, 5.74) is 4.02. The van der Waals surface area contributed by atoms with Gasteiger partial charge in [0, 0.05) is 30.8 Å². The lowest BCUT2D eigenvalue weighted by Gasteiger charge is -2.35. The fraction of sp³-hybridized carbons (Fsp3) is 0.323. The first-order valence-corrected chi connectivity index (χ1v) is 13.1. The summed E-state index contributed by atoms with van der Waals surface area (Å²) in [6.45, 7) is 1.77. The fourth-order valence-electron chi connectivity index (χ4n) is 5.62. The molecule has 196 valence electrons. The average molecular weight is 513 g/mol. The maximum absolute atomic E-state index is 12.8. The van der Waals surface area contributed by atoms with E-state index < -0.39 is 11.8 Å². The maximum Gasteiger partial charge on any atom is 0.509 e. The van der Waals surface area contributed by atoms with Crippen molar-refractivity contribution in [3.63, 3.8) is 0 Å². The molecule has 0 radical (unpaired) electrons. The van der Waals surface area contributed by atoms with Gasteiger partial charge in [0.05, 0.1) is 20.1 Å². The molecule has 7 nitrogen and oxygen atoms in total. The van der Waals surface area contributed by atoms with Crippen LogP contribution in [-0.2, 0) is 31.1 Å². The smallest absolute Gasteiger partial charge is 0.438 e. The summed E-state index contributed by atoms with van der Waals surface area (Å²) in [7, 11) is 1.32. The van der Waals surface area contributed by atoms with Gasteiger partial charge in [-0.3, -0.25) is 9.59 Å². The van der Waals surface area contributed by atoms with E-state index in [1.807, 2.05) is 83.8 Å². The molecule has 1 aliphatic heterocycles. The highest BCUT2D eigenvalue weighted by Gasteiger charge is 2.46. The lowest BCUT2D eigenvalue weighted by atomic mass is 9.86. The molecule has 0 aromatic heterocycles. The second-order valence-corrected chi connectivity index (χ2v) is 9.79. The molecule has 1 saturated heterocycles. The van der Waals surface area contributed by atoms with Crippen LogP contribution in [0.5, 0.6) is 0 Å². The molecule has 0 bridgehead atoms. The van der Waals surface area contributed by atoms with E-state index in [0.717, 1.165) is 40.7 Å². The Morgan fingerprint density at radius 2 is 1.47 bits per heavy atom. The third-order valence-corrected chi connectivity index (χ3v) is 7.52. The number of carbonyl (C=O) groups is 3. The van der Waals surface area contributed by atoms with Crippen molar-refractivity contribution < 1.29 is 23.9 Å². The first-order chi connectivity index (χ1) is 18.5. The molecule has 0 unspecified atom stereocenters. The summed E-state index contributed by atoms with van der Waals surface area (Å²) in [5.74, 6) is -0.0561. The molecule has 2 aliphatic rings. The van der Waals surface area contributed by atoms with Crippen molar-refractivity contribution >= 4 is 18.0 Å². The second kappa shape index (κ2) is 11.1. The number of hydrogen-bond acceptors (Lipinski definition) is 5. The molecule has 0 saturated carbocycles. The van der Waals surface area contributed by atoms with Crippen LogP contribution < -0.4 is 0 Å². The number of unbranched alkanes of at least 4 members (excludes halogenated alkanes) is 1. The molecule has 3 aromatic carbocycles. The van der Waals surface area contributed by atoms with Crippen LogP contribution in [0.4, 0.5) is 4.79 Å². The largest absolute Gasteiger partial charge is 0.509 e. The van der Waals surface area contributed by atoms with Crippen LogP contribution in [0.3, 0.4) is 0 Å². The molecule has 0 N–H and O–H groups in total. The van der Waals surface area contributed by atoms with Crippen LogP contribution in [0.2, 0.25) is 0 Å². The number of carbonyl (C=O) groups excluding carboxylic acids is 3. The van der Waals surface area contributed by atoms with Crippen molar-refractivity contribution in [3.8, 4) is 11.1 Å². The van der Waals surface area contributed by atoms with Gasteiger partial charge in [0.1, 0.15) is 0 Å². The number of rotatable bonds is 8. The molecule has 5 rings (SSSR count). The number of ether oxygens (including phenoxy) is 2. The molecule has 1 fully saturated rings. The summed E-state index contributed by atoms with van der Waals surface area (Å²) >= 11 is 0. The highest BCUT2D eigenvalue weighted by atomic mass is 16.7. The van der Waals surface area contributed by atoms with E-state index in [4.69, 9.17) is 9.47 Å². The summed E-state index contributed by atoms with van der Waals surface area (Å²) in [5, 5.41) is 0. The van der Waals surface area contributed by atoms with Gasteiger partial charge in [-0.2, -0.15) is 0 Å². The predicted octanol–water partition coefficient (Wildman–Crippen LogP) is 4.78. The number of amides is 2. The summed E-state index contributed by atoms with van der Waals surface area (Å²) in [6.07, 6.45) is 1.64. The van der Waals surface area contributed by atoms with Crippen molar-refractivity contribution in [2.45, 2.75) is 31.3 Å². The topological polar surface area (TPSA) is 76.2 Å². The van der Waals surface area contributed by atoms with E-state index in [1.165, 1.54) is 7.11 Å². The number of methoxy groups -OCH3 is 1. The highest BCUT2D eigenvalue weighted by molar-refractivity contribution is 5.87. The molecule has 1 heterocycles. The summed E-state index contributed by atoms with van der Waals surface area (Å²) in [6, 6.07) is 25.6. The lowest BCUT2D eigenvalue weighted by molar-refractivity contribution is -0.145. The van der Waals surface area contributed by atoms with E-state index in [-0.39, 0.29) is 18.4 Å². The van der Waals surface area contributed by atoms with Crippen LogP contribution >= 0.6 is 0 Å². The first kappa shape index (κ1) is 25.5. The third kappa shape index (κ3) is 5.01. The molecular weight excluding hydrogens is 480 g/mol. The maximum atomic E-state index is 12.8. The Bertz CT molecular complexity index is 1280. The minimum atomic E-state index is -0.938. The number of fused-ring (bicyclic) bond motifs is 3. The molecule has 0 spiro atoms. The van der Waals surface area contributed by atoms with Crippen LogP contribution in [-0.4, -0.2) is 61.1 Å². The Morgan fingerprint density at radius 3 is 2.11 bits per heavy atom. The predicted molar refractivity (Wildman–Crippen MR) is 143 cm³/mol. The van der Waals surface area contributed by atoms with E-state index >= 15 is 0 Å². The van der Waals surface area contributed by atoms with Gasteiger partial charge in [-0.25, -0.2) is 4.79 Å². The standard InChI is InChI=1S/C31H32N2O5/c1-37-30(36)38-31(26-15-7-5-13-24(26)25-14-6-8-16-27(25)31)17-9-10-18-32-19-20-33(22-29(32)35)28(34)21-23-11-3-2-4-12-23/h2-8,11-16H,9-10,17-22H2,1H3. The van der Waals surface area contributed by atoms with Gasteiger partial charge in [0.25, 0.3) is 0 Å². The molecule has 3 aromatic rings. The minimum Gasteiger partial charge on any atom is -0.438 e. The van der Waals surface area contributed by atoms with Gasteiger partial charge in [0.2, 0.25) is 11.8 Å². The van der Waals surface area contributed by atoms with Gasteiger partial charge in [-0.15, -0.1) is 0 Å². The van der Waals surface area contributed by atoms with Crippen molar-refractivity contribution in [3.05, 3.63) is 95.6 Å². The van der Waals surface area contributed by atoms with E-state index in [1.54, 1.807) is 4.90 Å². The number of nitrogens with zero attached hydrogens (tertiary/aromatic N) is 2. The van der Waals surface area contributed by atoms with E-state index in [9.17, 15) is 14.4 Å². The highest BCUT2D eigenvalue weighted by Crippen LogP contribution is 2.52. The van der Waals surface area contributed by atoms with Crippen molar-refractivity contribution in [2.24, 2.45) is 0 Å². The second-order valence-electron chi connectivity index (χ2n) is 9.79. The van der Waals surface area contributed by atoms with Crippen LogP contribution in [0.15, 0.2) is 78.9 Å². The zero-order valence-electron chi connectivity index (χ0n) is 21.6. The number of hydrogen-bond donors (Lipinski definition) is 0. The summed E-state index contributed by atoms with van der Waals surface area (Å²) in [4.78, 5) is 41.4. The van der Waals surface area contributed by atoms with Crippen LogP contribution in [0, 0.1) is 0 Å². The first-order valence-electron chi connectivity index (χ1n) is 13.1. The molecule has 1 aliphatic carbocycles. The average Bonchev–Trinajstić information content (AvgIpc) is 3.22. The van der Waals surface area contributed by atoms with Crippen molar-refractivity contribution in [1.29, 1.82) is 0 Å². The van der Waals surface area contributed by atoms with Gasteiger partial charge >= 0.3 is 6.16 Å². The van der Waals surface area contributed by atoms with Crippen LogP contribution in [0.1, 0.15) is 36.0 Å². The lowest BCUT2D eigenvalue weighted by Crippen LogP contribution is -2.52. The Hall–Kier alpha value is -4.13. The molecule has 0 atom stereocenters. The Balaban J connectivity index is 1.21. The molecule has 2 amide bonds. The van der Waals surface area contributed by atoms with Crippen molar-refractivity contribution in [1.82, 2.24) is 9.80 Å². The summed E-state index contributed by atoms with van der Waals surface area (Å²) < 4.78 is 10.9. The van der Waals surface area contributed by atoms with E-state index in [0.29, 0.717) is 32.5 Å². The number of piperazine rings is 1. The Labute approximate surface area is 223 Å². The van der Waals surface area contributed by atoms with Gasteiger partial charge in [0.15, 0.2) is 5.60 Å². The Kier molecular flexibility index (Phi) is 7.45.